The van der Waals surface area contributed by atoms with Gasteiger partial charge in [-0.25, -0.2) is 0 Å². The average molecular weight is 299 g/mol. The number of hydrogen-bond donors (Lipinski definition) is 0. The Hall–Kier alpha value is -2.47. The highest BCUT2D eigenvalue weighted by molar-refractivity contribution is 7.13. The Labute approximate surface area is 125 Å². The van der Waals surface area contributed by atoms with Crippen LogP contribution in [0.25, 0.3) is 10.7 Å². The van der Waals surface area contributed by atoms with E-state index in [1.165, 1.54) is 5.56 Å². The number of hydrogen-bond acceptors (Lipinski definition) is 6. The van der Waals surface area contributed by atoms with Crippen LogP contribution in [0.15, 0.2) is 51.5 Å². The Balaban J connectivity index is 1.55. The van der Waals surface area contributed by atoms with Crippen molar-refractivity contribution >= 4 is 17.6 Å². The van der Waals surface area contributed by atoms with Crippen LogP contribution < -0.4 is 0 Å². The standard InChI is InChI=1S/C15H13N3O2S/c1-11-4-6-12(7-5-11)9-16-19-10-14-17-15(18-20-14)13-3-2-8-21-13/h2-9H,10H2,1H3/b16-9-. The van der Waals surface area contributed by atoms with Gasteiger partial charge in [0, 0.05) is 0 Å². The SMILES string of the molecule is Cc1ccc(/C=N\OCc2nc(-c3cccs3)no2)cc1. The van der Waals surface area contributed by atoms with E-state index in [4.69, 9.17) is 9.36 Å². The maximum absolute atomic E-state index is 5.16. The molecule has 0 saturated heterocycles. The van der Waals surface area contributed by atoms with E-state index in [0.717, 1.165) is 10.4 Å². The third-order valence-corrected chi connectivity index (χ3v) is 3.62. The molecular weight excluding hydrogens is 286 g/mol. The first-order chi connectivity index (χ1) is 10.3. The Kier molecular flexibility index (Phi) is 4.07. The van der Waals surface area contributed by atoms with E-state index >= 15 is 0 Å². The molecular formula is C15H13N3O2S. The lowest BCUT2D eigenvalue weighted by Crippen LogP contribution is -1.88. The average Bonchev–Trinajstić information content (AvgIpc) is 3.16. The lowest BCUT2D eigenvalue weighted by molar-refractivity contribution is 0.107. The highest BCUT2D eigenvalue weighted by atomic mass is 32.1. The summed E-state index contributed by atoms with van der Waals surface area (Å²) in [6.07, 6.45) is 1.65. The van der Waals surface area contributed by atoms with Crippen molar-refractivity contribution < 1.29 is 9.36 Å². The van der Waals surface area contributed by atoms with Crippen LogP contribution in [0, 0.1) is 6.92 Å². The fraction of sp³-hybridized carbons (Fsp3) is 0.133. The van der Waals surface area contributed by atoms with Gasteiger partial charge in [0.15, 0.2) is 6.61 Å². The maximum Gasteiger partial charge on any atom is 0.267 e. The zero-order chi connectivity index (χ0) is 14.5. The van der Waals surface area contributed by atoms with Crippen LogP contribution in [0.2, 0.25) is 0 Å². The first-order valence-electron chi connectivity index (χ1n) is 6.40. The van der Waals surface area contributed by atoms with E-state index in [2.05, 4.69) is 15.3 Å². The summed E-state index contributed by atoms with van der Waals surface area (Å²) in [5.74, 6) is 0.977. The van der Waals surface area contributed by atoms with Crippen molar-refractivity contribution in [1.29, 1.82) is 0 Å². The van der Waals surface area contributed by atoms with Gasteiger partial charge in [-0.3, -0.25) is 0 Å². The minimum atomic E-state index is 0.154. The second-order valence-electron chi connectivity index (χ2n) is 4.41. The molecule has 0 fully saturated rings. The molecule has 0 radical (unpaired) electrons. The summed E-state index contributed by atoms with van der Waals surface area (Å²) < 4.78 is 5.10. The number of rotatable bonds is 5. The van der Waals surface area contributed by atoms with E-state index in [1.54, 1.807) is 17.6 Å². The molecule has 1 aromatic carbocycles. The van der Waals surface area contributed by atoms with E-state index in [1.807, 2.05) is 48.7 Å². The molecule has 5 nitrogen and oxygen atoms in total. The first-order valence-corrected chi connectivity index (χ1v) is 7.28. The number of aryl methyl sites for hydroxylation is 1. The predicted octanol–water partition coefficient (Wildman–Crippen LogP) is 3.66. The minimum Gasteiger partial charge on any atom is -0.386 e. The number of aromatic nitrogens is 2. The topological polar surface area (TPSA) is 60.5 Å². The number of oxime groups is 1. The van der Waals surface area contributed by atoms with Crippen LogP contribution in [0.4, 0.5) is 0 Å². The molecule has 0 unspecified atom stereocenters. The second-order valence-corrected chi connectivity index (χ2v) is 5.36. The molecule has 2 aromatic heterocycles. The van der Waals surface area contributed by atoms with Crippen molar-refractivity contribution in [3.63, 3.8) is 0 Å². The van der Waals surface area contributed by atoms with Gasteiger partial charge in [0.05, 0.1) is 11.1 Å². The molecule has 0 spiro atoms. The van der Waals surface area contributed by atoms with Crippen molar-refractivity contribution in [1.82, 2.24) is 10.1 Å². The number of nitrogens with zero attached hydrogens (tertiary/aromatic N) is 3. The highest BCUT2D eigenvalue weighted by Gasteiger charge is 2.09. The highest BCUT2D eigenvalue weighted by Crippen LogP contribution is 2.21. The normalized spacial score (nSPS) is 11.1. The molecule has 6 heteroatoms. The fourth-order valence-corrected chi connectivity index (χ4v) is 2.31. The molecule has 0 aliphatic heterocycles. The Morgan fingerprint density at radius 3 is 2.90 bits per heavy atom. The Morgan fingerprint density at radius 2 is 2.14 bits per heavy atom. The van der Waals surface area contributed by atoms with Gasteiger partial charge in [-0.1, -0.05) is 46.2 Å². The molecule has 0 atom stereocenters. The summed E-state index contributed by atoms with van der Waals surface area (Å²) >= 11 is 1.56. The summed E-state index contributed by atoms with van der Waals surface area (Å²) in [4.78, 5) is 10.4. The quantitative estimate of drug-likeness (QED) is 0.533. The van der Waals surface area contributed by atoms with E-state index in [9.17, 15) is 0 Å². The largest absolute Gasteiger partial charge is 0.386 e. The lowest BCUT2D eigenvalue weighted by atomic mass is 10.2. The smallest absolute Gasteiger partial charge is 0.267 e. The Morgan fingerprint density at radius 1 is 1.29 bits per heavy atom. The summed E-state index contributed by atoms with van der Waals surface area (Å²) in [6.45, 7) is 2.19. The fourth-order valence-electron chi connectivity index (χ4n) is 1.66. The summed E-state index contributed by atoms with van der Waals surface area (Å²) in [5, 5.41) is 9.75. The van der Waals surface area contributed by atoms with Crippen molar-refractivity contribution in [2.24, 2.45) is 5.16 Å². The molecule has 0 amide bonds. The summed E-state index contributed by atoms with van der Waals surface area (Å²) in [6, 6.07) is 11.9. The monoisotopic (exact) mass is 299 g/mol. The van der Waals surface area contributed by atoms with Crippen LogP contribution in [-0.4, -0.2) is 16.4 Å². The molecule has 0 aliphatic rings. The Bertz CT molecular complexity index is 718. The van der Waals surface area contributed by atoms with E-state index in [0.29, 0.717) is 11.7 Å². The van der Waals surface area contributed by atoms with E-state index in [-0.39, 0.29) is 6.61 Å². The van der Waals surface area contributed by atoms with Gasteiger partial charge in [0.25, 0.3) is 5.89 Å². The van der Waals surface area contributed by atoms with Gasteiger partial charge in [0.1, 0.15) is 0 Å². The van der Waals surface area contributed by atoms with Crippen LogP contribution >= 0.6 is 11.3 Å². The third kappa shape index (κ3) is 3.55. The predicted molar refractivity (Wildman–Crippen MR) is 81.2 cm³/mol. The number of thiophene rings is 1. The van der Waals surface area contributed by atoms with Crippen LogP contribution in [-0.2, 0) is 11.4 Å². The zero-order valence-corrected chi connectivity index (χ0v) is 12.2. The zero-order valence-electron chi connectivity index (χ0n) is 11.4. The van der Waals surface area contributed by atoms with Crippen molar-refractivity contribution in [3.8, 4) is 10.7 Å². The molecule has 2 heterocycles. The van der Waals surface area contributed by atoms with Gasteiger partial charge in [-0.15, -0.1) is 11.3 Å². The first kappa shape index (κ1) is 13.5. The van der Waals surface area contributed by atoms with Gasteiger partial charge < -0.3 is 9.36 Å². The van der Waals surface area contributed by atoms with Gasteiger partial charge in [-0.05, 0) is 23.9 Å². The molecule has 0 N–H and O–H groups in total. The molecule has 21 heavy (non-hydrogen) atoms. The maximum atomic E-state index is 5.16. The van der Waals surface area contributed by atoms with Crippen molar-refractivity contribution in [2.45, 2.75) is 13.5 Å². The molecule has 3 rings (SSSR count). The van der Waals surface area contributed by atoms with Crippen LogP contribution in [0.3, 0.4) is 0 Å². The minimum absolute atomic E-state index is 0.154. The molecule has 106 valence electrons. The second kappa shape index (κ2) is 6.32. The molecule has 0 bridgehead atoms. The molecule has 3 aromatic rings. The van der Waals surface area contributed by atoms with Crippen LogP contribution in [0.1, 0.15) is 17.0 Å². The van der Waals surface area contributed by atoms with Crippen molar-refractivity contribution in [3.05, 3.63) is 58.8 Å². The van der Waals surface area contributed by atoms with Crippen molar-refractivity contribution in [2.75, 3.05) is 0 Å². The third-order valence-electron chi connectivity index (χ3n) is 2.75. The lowest BCUT2D eigenvalue weighted by Gasteiger charge is -1.95. The van der Waals surface area contributed by atoms with E-state index < -0.39 is 0 Å². The molecule has 0 saturated carbocycles. The van der Waals surface area contributed by atoms with Crippen LogP contribution in [0.5, 0.6) is 0 Å². The summed E-state index contributed by atoms with van der Waals surface area (Å²) in [5.41, 5.74) is 2.19. The number of benzene rings is 1. The summed E-state index contributed by atoms with van der Waals surface area (Å²) in [7, 11) is 0. The van der Waals surface area contributed by atoms with Gasteiger partial charge >= 0.3 is 0 Å². The van der Waals surface area contributed by atoms with Gasteiger partial charge in [-0.2, -0.15) is 4.98 Å². The molecule has 0 aliphatic carbocycles. The van der Waals surface area contributed by atoms with Gasteiger partial charge in [0.2, 0.25) is 5.82 Å².